The molecule has 0 aromatic rings. The second kappa shape index (κ2) is 11.5. The van der Waals surface area contributed by atoms with Crippen molar-refractivity contribution in [2.75, 3.05) is 19.8 Å². The van der Waals surface area contributed by atoms with Crippen LogP contribution in [0.3, 0.4) is 0 Å². The van der Waals surface area contributed by atoms with Gasteiger partial charge < -0.3 is 12.7 Å². The van der Waals surface area contributed by atoms with Crippen LogP contribution >= 0.6 is 0 Å². The van der Waals surface area contributed by atoms with E-state index in [-0.39, 0.29) is 32.5 Å². The molecule has 0 heterocycles. The molecule has 1 N–H and O–H groups in total. The monoisotopic (exact) mass is 144 g/mol. The van der Waals surface area contributed by atoms with Gasteiger partial charge in [-0.3, -0.25) is 0 Å². The maximum atomic E-state index is 8.31. The van der Waals surface area contributed by atoms with E-state index in [1.54, 1.807) is 0 Å². The van der Waals surface area contributed by atoms with Gasteiger partial charge in [0, 0.05) is 19.8 Å². The first kappa shape index (κ1) is 12.4. The van der Waals surface area contributed by atoms with E-state index in [0.29, 0.717) is 0 Å². The van der Waals surface area contributed by atoms with Crippen molar-refractivity contribution in [1.82, 2.24) is 0 Å². The van der Waals surface area contributed by atoms with Gasteiger partial charge in [-0.05, 0) is 19.8 Å². The fourth-order valence-corrected chi connectivity index (χ4v) is 0.460. The van der Waals surface area contributed by atoms with Gasteiger partial charge in [0.25, 0.3) is 0 Å². The van der Waals surface area contributed by atoms with Crippen LogP contribution in [0, 0.1) is 0 Å². The van der Waals surface area contributed by atoms with Crippen molar-refractivity contribution in [1.29, 1.82) is 0 Å². The van der Waals surface area contributed by atoms with Crippen LogP contribution in [0.2, 0.25) is 0 Å². The van der Waals surface area contributed by atoms with Crippen molar-refractivity contribution in [3.63, 3.8) is 0 Å². The Morgan fingerprint density at radius 1 is 1.44 bits per heavy atom. The summed E-state index contributed by atoms with van der Waals surface area (Å²) in [6.07, 6.45) is 1.84. The van der Waals surface area contributed by atoms with Gasteiger partial charge in [-0.15, -0.1) is 0 Å². The van der Waals surface area contributed by atoms with Crippen molar-refractivity contribution in [2.24, 2.45) is 0 Å². The molecular weight excluding hydrogens is 128 g/mol. The number of hydrogen-bond acceptors (Lipinski definition) is 2. The molecule has 0 saturated carbocycles. The summed E-state index contributed by atoms with van der Waals surface area (Å²) < 4.78 is 5.02. The molecule has 0 aliphatic carbocycles. The summed E-state index contributed by atoms with van der Waals surface area (Å²) in [4.78, 5) is 0. The first-order chi connectivity index (χ1) is 3.91. The maximum Gasteiger partial charge on any atom is 2.00 e. The Morgan fingerprint density at radius 3 is 2.56 bits per heavy atom. The predicted octanol–water partition coefficient (Wildman–Crippen LogP) is 0.640. The van der Waals surface area contributed by atoms with Crippen LogP contribution in [0.4, 0.5) is 0 Å². The first-order valence-electron chi connectivity index (χ1n) is 3.10. The SMILES string of the molecule is CCOCCCCO.[H-].[H-].[Mg+2]. The predicted molar refractivity (Wildman–Crippen MR) is 40.8 cm³/mol. The van der Waals surface area contributed by atoms with Gasteiger partial charge in [0.1, 0.15) is 0 Å². The fourth-order valence-electron chi connectivity index (χ4n) is 0.460. The fraction of sp³-hybridized carbons (Fsp3) is 1.00. The first-order valence-corrected chi connectivity index (χ1v) is 3.10. The Hall–Kier alpha value is 0.686. The largest absolute Gasteiger partial charge is 2.00 e. The molecule has 9 heavy (non-hydrogen) atoms. The van der Waals surface area contributed by atoms with Crippen LogP contribution in [-0.2, 0) is 4.74 Å². The Balaban J connectivity index is -0.0000000817. The zero-order valence-electron chi connectivity index (χ0n) is 8.10. The quantitative estimate of drug-likeness (QED) is 0.453. The van der Waals surface area contributed by atoms with E-state index in [1.165, 1.54) is 0 Å². The molecule has 0 rings (SSSR count). The molecule has 0 radical (unpaired) electrons. The van der Waals surface area contributed by atoms with Gasteiger partial charge >= 0.3 is 23.1 Å². The summed E-state index contributed by atoms with van der Waals surface area (Å²) >= 11 is 0. The number of aliphatic hydroxyl groups is 1. The minimum atomic E-state index is 0. The molecule has 0 aliphatic rings. The topological polar surface area (TPSA) is 29.5 Å². The molecule has 0 atom stereocenters. The van der Waals surface area contributed by atoms with Crippen LogP contribution in [-0.4, -0.2) is 48.0 Å². The van der Waals surface area contributed by atoms with Gasteiger partial charge in [0.15, 0.2) is 0 Å². The number of unbranched alkanes of at least 4 members (excludes halogenated alkanes) is 1. The van der Waals surface area contributed by atoms with Crippen LogP contribution in [0.25, 0.3) is 0 Å². The number of ether oxygens (including phenoxy) is 1. The number of rotatable bonds is 5. The van der Waals surface area contributed by atoms with E-state index < -0.39 is 0 Å². The third-order valence-electron chi connectivity index (χ3n) is 0.901. The molecule has 0 saturated heterocycles. The summed E-state index contributed by atoms with van der Waals surface area (Å²) in [6, 6.07) is 0. The van der Waals surface area contributed by atoms with Crippen LogP contribution in [0.15, 0.2) is 0 Å². The molecule has 0 spiro atoms. The summed E-state index contributed by atoms with van der Waals surface area (Å²) in [5.74, 6) is 0. The van der Waals surface area contributed by atoms with Crippen LogP contribution in [0.1, 0.15) is 22.6 Å². The molecule has 0 fully saturated rings. The molecule has 0 amide bonds. The van der Waals surface area contributed by atoms with Crippen LogP contribution in [0.5, 0.6) is 0 Å². The van der Waals surface area contributed by atoms with E-state index in [2.05, 4.69) is 0 Å². The Bertz CT molecular complexity index is 43.6. The molecule has 3 heteroatoms. The third kappa shape index (κ3) is 12.0. The molecule has 2 nitrogen and oxygen atoms in total. The zero-order valence-corrected chi connectivity index (χ0v) is 7.51. The Morgan fingerprint density at radius 2 is 2.11 bits per heavy atom. The minimum absolute atomic E-state index is 0. The molecule has 54 valence electrons. The number of aliphatic hydroxyl groups excluding tert-OH is 1. The molecule has 0 aliphatic heterocycles. The van der Waals surface area contributed by atoms with E-state index >= 15 is 0 Å². The van der Waals surface area contributed by atoms with Crippen molar-refractivity contribution >= 4 is 23.1 Å². The summed E-state index contributed by atoms with van der Waals surface area (Å²) in [7, 11) is 0. The third-order valence-corrected chi connectivity index (χ3v) is 0.901. The van der Waals surface area contributed by atoms with Gasteiger partial charge in [-0.25, -0.2) is 0 Å². The smallest absolute Gasteiger partial charge is 1.00 e. The maximum absolute atomic E-state index is 8.31. The standard InChI is InChI=1S/C6H14O2.Mg.2H/c1-2-8-6-4-3-5-7;;;/h7H,2-6H2,1H3;;;/q;+2;2*-1. The van der Waals surface area contributed by atoms with Crippen molar-refractivity contribution < 1.29 is 12.7 Å². The summed E-state index contributed by atoms with van der Waals surface area (Å²) in [5, 5.41) is 8.31. The molecule has 0 aromatic heterocycles. The van der Waals surface area contributed by atoms with Gasteiger partial charge in [-0.2, -0.15) is 0 Å². The van der Waals surface area contributed by atoms with Gasteiger partial charge in [0.2, 0.25) is 0 Å². The molecule has 0 unspecified atom stereocenters. The minimum Gasteiger partial charge on any atom is -1.00 e. The average Bonchev–Trinajstić information content (AvgIpc) is 1.81. The molecule has 0 bridgehead atoms. The average molecular weight is 144 g/mol. The summed E-state index contributed by atoms with van der Waals surface area (Å²) in [6.45, 7) is 3.83. The Labute approximate surface area is 75.7 Å². The van der Waals surface area contributed by atoms with E-state index in [9.17, 15) is 0 Å². The van der Waals surface area contributed by atoms with Gasteiger partial charge in [0.05, 0.1) is 0 Å². The number of hydrogen-bond donors (Lipinski definition) is 1. The summed E-state index contributed by atoms with van der Waals surface area (Å²) in [5.41, 5.74) is 0. The van der Waals surface area contributed by atoms with E-state index in [1.807, 2.05) is 6.92 Å². The zero-order chi connectivity index (χ0) is 6.24. The normalized spacial score (nSPS) is 8.67. The molecular formula is C6H16MgO2. The Kier molecular flexibility index (Phi) is 15.8. The molecule has 0 aromatic carbocycles. The van der Waals surface area contributed by atoms with Crippen molar-refractivity contribution in [3.05, 3.63) is 0 Å². The van der Waals surface area contributed by atoms with Crippen molar-refractivity contribution in [3.8, 4) is 0 Å². The van der Waals surface area contributed by atoms with Crippen LogP contribution < -0.4 is 0 Å². The van der Waals surface area contributed by atoms with Gasteiger partial charge in [-0.1, -0.05) is 0 Å². The van der Waals surface area contributed by atoms with E-state index in [0.717, 1.165) is 26.1 Å². The second-order valence-corrected chi connectivity index (χ2v) is 1.63. The second-order valence-electron chi connectivity index (χ2n) is 1.63. The van der Waals surface area contributed by atoms with E-state index in [4.69, 9.17) is 9.84 Å². The van der Waals surface area contributed by atoms with Crippen molar-refractivity contribution in [2.45, 2.75) is 19.8 Å².